The van der Waals surface area contributed by atoms with Crippen LogP contribution in [-0.4, -0.2) is 56.3 Å². The highest BCUT2D eigenvalue weighted by atomic mass is 35.5. The zero-order valence-electron chi connectivity index (χ0n) is 15.8. The number of nitrogens with zero attached hydrogens (tertiary/aromatic N) is 2. The number of carbonyl (C=O) groups excluding carboxylic acids is 1. The average molecular weight is 422 g/mol. The Hall–Kier alpha value is -1.93. The number of hydrogen-bond donors (Lipinski definition) is 1. The van der Waals surface area contributed by atoms with Gasteiger partial charge in [0.1, 0.15) is 0 Å². The molecule has 8 heteroatoms. The number of likely N-dealkylation sites (N-methyl/N-ethyl adjacent to an activating group) is 1. The summed E-state index contributed by atoms with van der Waals surface area (Å²) >= 11 is 5.85. The quantitative estimate of drug-likeness (QED) is 0.778. The number of carbonyl (C=O) groups is 1. The van der Waals surface area contributed by atoms with E-state index in [1.165, 1.54) is 10.4 Å². The van der Waals surface area contributed by atoms with Crippen LogP contribution >= 0.6 is 11.6 Å². The minimum atomic E-state index is -3.57. The molecule has 1 saturated heterocycles. The maximum Gasteiger partial charge on any atom is 0.243 e. The van der Waals surface area contributed by atoms with Gasteiger partial charge < -0.3 is 10.2 Å². The summed E-state index contributed by atoms with van der Waals surface area (Å²) in [6, 6.07) is 13.5. The molecule has 28 heavy (non-hydrogen) atoms. The van der Waals surface area contributed by atoms with Crippen LogP contribution in [0.2, 0.25) is 5.02 Å². The lowest BCUT2D eigenvalue weighted by molar-refractivity contribution is -0.115. The van der Waals surface area contributed by atoms with E-state index in [2.05, 4.69) is 17.1 Å². The van der Waals surface area contributed by atoms with E-state index in [4.69, 9.17) is 11.6 Å². The number of amides is 1. The van der Waals surface area contributed by atoms with Crippen LogP contribution in [0.1, 0.15) is 12.5 Å². The lowest BCUT2D eigenvalue weighted by Crippen LogP contribution is -2.48. The number of benzene rings is 2. The van der Waals surface area contributed by atoms with Crippen molar-refractivity contribution in [2.24, 2.45) is 0 Å². The summed E-state index contributed by atoms with van der Waals surface area (Å²) in [7, 11) is -3.57. The Morgan fingerprint density at radius 3 is 2.39 bits per heavy atom. The van der Waals surface area contributed by atoms with Crippen LogP contribution in [0.15, 0.2) is 53.4 Å². The van der Waals surface area contributed by atoms with E-state index in [0.29, 0.717) is 23.8 Å². The van der Waals surface area contributed by atoms with Gasteiger partial charge in [0.05, 0.1) is 11.3 Å². The monoisotopic (exact) mass is 421 g/mol. The minimum Gasteiger partial charge on any atom is -0.326 e. The van der Waals surface area contributed by atoms with Gasteiger partial charge >= 0.3 is 0 Å². The van der Waals surface area contributed by atoms with Gasteiger partial charge in [-0.1, -0.05) is 36.7 Å². The highest BCUT2D eigenvalue weighted by molar-refractivity contribution is 7.89. The van der Waals surface area contributed by atoms with Gasteiger partial charge in [-0.3, -0.25) is 4.79 Å². The van der Waals surface area contributed by atoms with Crippen LogP contribution in [0, 0.1) is 0 Å². The summed E-state index contributed by atoms with van der Waals surface area (Å²) in [4.78, 5) is 14.7. The van der Waals surface area contributed by atoms with Crippen LogP contribution in [0.4, 0.5) is 5.69 Å². The molecule has 2 aromatic carbocycles. The summed E-state index contributed by atoms with van der Waals surface area (Å²) in [5.74, 6) is -0.214. The van der Waals surface area contributed by atoms with E-state index in [9.17, 15) is 13.2 Å². The molecule has 0 spiro atoms. The van der Waals surface area contributed by atoms with Gasteiger partial charge in [-0.25, -0.2) is 8.42 Å². The molecule has 150 valence electrons. The van der Waals surface area contributed by atoms with Crippen molar-refractivity contribution in [1.82, 2.24) is 9.21 Å². The molecule has 0 aromatic heterocycles. The smallest absolute Gasteiger partial charge is 0.243 e. The molecule has 0 unspecified atom stereocenters. The standard InChI is InChI=1S/C20H24ClN3O3S/c1-2-23-10-12-24(13-11-23)28(26,27)19-5-3-4-18(15-19)22-20(25)14-16-6-8-17(21)9-7-16/h3-9,15H,2,10-14H2,1H3,(H,22,25). The molecular weight excluding hydrogens is 398 g/mol. The molecule has 6 nitrogen and oxygen atoms in total. The topological polar surface area (TPSA) is 69.7 Å². The fourth-order valence-electron chi connectivity index (χ4n) is 3.16. The zero-order valence-corrected chi connectivity index (χ0v) is 17.3. The maximum absolute atomic E-state index is 12.9. The van der Waals surface area contributed by atoms with Crippen molar-refractivity contribution in [3.63, 3.8) is 0 Å². The lowest BCUT2D eigenvalue weighted by atomic mass is 10.1. The minimum absolute atomic E-state index is 0.188. The summed E-state index contributed by atoms with van der Waals surface area (Å²) < 4.78 is 27.4. The van der Waals surface area contributed by atoms with Gasteiger partial charge in [0.15, 0.2) is 0 Å². The summed E-state index contributed by atoms with van der Waals surface area (Å²) in [6.07, 6.45) is 0.188. The van der Waals surface area contributed by atoms with E-state index in [0.717, 1.165) is 25.2 Å². The third-order valence-corrected chi connectivity index (χ3v) is 6.96. The van der Waals surface area contributed by atoms with Crippen LogP contribution in [0.3, 0.4) is 0 Å². The van der Waals surface area contributed by atoms with Crippen LogP contribution < -0.4 is 5.32 Å². The Balaban J connectivity index is 1.67. The second kappa shape index (κ2) is 9.05. The van der Waals surface area contributed by atoms with Crippen LogP contribution in [0.25, 0.3) is 0 Å². The number of sulfonamides is 1. The Bertz CT molecular complexity index is 924. The summed E-state index contributed by atoms with van der Waals surface area (Å²) in [6.45, 7) is 5.40. The molecule has 0 bridgehead atoms. The Morgan fingerprint density at radius 1 is 1.07 bits per heavy atom. The number of hydrogen-bond acceptors (Lipinski definition) is 4. The van der Waals surface area contributed by atoms with Crippen molar-refractivity contribution < 1.29 is 13.2 Å². The van der Waals surface area contributed by atoms with Crippen LogP contribution in [0.5, 0.6) is 0 Å². The number of anilines is 1. The SMILES string of the molecule is CCN1CCN(S(=O)(=O)c2cccc(NC(=O)Cc3ccc(Cl)cc3)c2)CC1. The molecule has 1 heterocycles. The van der Waals surface area contributed by atoms with E-state index < -0.39 is 10.0 Å². The first-order chi connectivity index (χ1) is 13.4. The highest BCUT2D eigenvalue weighted by Crippen LogP contribution is 2.21. The second-order valence-corrected chi connectivity index (χ2v) is 9.09. The maximum atomic E-state index is 12.9. The largest absolute Gasteiger partial charge is 0.326 e. The van der Waals surface area contributed by atoms with Gasteiger partial charge in [-0.05, 0) is 42.4 Å². The lowest BCUT2D eigenvalue weighted by Gasteiger charge is -2.33. The summed E-state index contributed by atoms with van der Waals surface area (Å²) in [5, 5.41) is 3.39. The Morgan fingerprint density at radius 2 is 1.75 bits per heavy atom. The molecule has 1 amide bonds. The van der Waals surface area contributed by atoms with Crippen LogP contribution in [-0.2, 0) is 21.2 Å². The van der Waals surface area contributed by atoms with E-state index in [1.807, 2.05) is 0 Å². The number of rotatable bonds is 6. The second-order valence-electron chi connectivity index (χ2n) is 6.72. The first-order valence-corrected chi connectivity index (χ1v) is 11.1. The normalized spacial score (nSPS) is 16.1. The Kier molecular flexibility index (Phi) is 6.72. The molecule has 0 aliphatic carbocycles. The fourth-order valence-corrected chi connectivity index (χ4v) is 4.76. The summed E-state index contributed by atoms with van der Waals surface area (Å²) in [5.41, 5.74) is 1.30. The van der Waals surface area contributed by atoms with E-state index >= 15 is 0 Å². The zero-order chi connectivity index (χ0) is 20.1. The molecule has 0 saturated carbocycles. The average Bonchev–Trinajstić information content (AvgIpc) is 2.70. The van der Waals surface area contributed by atoms with E-state index in [-0.39, 0.29) is 17.2 Å². The predicted octanol–water partition coefficient (Wildman–Crippen LogP) is 2.85. The Labute approximate surface area is 171 Å². The molecule has 1 aliphatic heterocycles. The van der Waals surface area contributed by atoms with Gasteiger partial charge in [-0.15, -0.1) is 0 Å². The van der Waals surface area contributed by atoms with Gasteiger partial charge in [-0.2, -0.15) is 4.31 Å². The van der Waals surface area contributed by atoms with Crippen molar-refractivity contribution in [2.45, 2.75) is 18.2 Å². The third kappa shape index (κ3) is 5.11. The molecule has 1 N–H and O–H groups in total. The molecule has 3 rings (SSSR count). The third-order valence-electron chi connectivity index (χ3n) is 4.81. The van der Waals surface area contributed by atoms with Crippen molar-refractivity contribution >= 4 is 33.2 Å². The van der Waals surface area contributed by atoms with Crippen molar-refractivity contribution in [2.75, 3.05) is 38.0 Å². The first-order valence-electron chi connectivity index (χ1n) is 9.25. The van der Waals surface area contributed by atoms with Crippen molar-refractivity contribution in [3.05, 3.63) is 59.1 Å². The molecule has 1 aliphatic rings. The number of nitrogens with one attached hydrogen (secondary N) is 1. The number of piperazine rings is 1. The van der Waals surface area contributed by atoms with Gasteiger partial charge in [0.2, 0.25) is 15.9 Å². The fraction of sp³-hybridized carbons (Fsp3) is 0.350. The van der Waals surface area contributed by atoms with Crippen molar-refractivity contribution in [1.29, 1.82) is 0 Å². The molecule has 2 aromatic rings. The molecular formula is C20H24ClN3O3S. The van der Waals surface area contributed by atoms with E-state index in [1.54, 1.807) is 42.5 Å². The van der Waals surface area contributed by atoms with Crippen molar-refractivity contribution in [3.8, 4) is 0 Å². The molecule has 1 fully saturated rings. The predicted molar refractivity (Wildman–Crippen MR) is 111 cm³/mol. The number of halogens is 1. The van der Waals surface area contributed by atoms with Gasteiger partial charge in [0.25, 0.3) is 0 Å². The first kappa shape index (κ1) is 20.8. The molecule has 0 radical (unpaired) electrons. The van der Waals surface area contributed by atoms with Gasteiger partial charge in [0, 0.05) is 36.9 Å². The highest BCUT2D eigenvalue weighted by Gasteiger charge is 2.28. The molecule has 0 atom stereocenters.